The predicted octanol–water partition coefficient (Wildman–Crippen LogP) is 1.55. The molecule has 0 aliphatic carbocycles. The van der Waals surface area contributed by atoms with Gasteiger partial charge in [-0.05, 0) is 13.3 Å². The molecule has 0 saturated carbocycles. The number of carbonyl (C=O) groups is 1. The summed E-state index contributed by atoms with van der Waals surface area (Å²) in [5, 5.41) is 4.28. The SMILES string of the molecule is CCc1c(C(=O)N=C(N)N)cnn1-c1cnc(-c2ccc(C)cc2)[nH]1. The van der Waals surface area contributed by atoms with Crippen LogP contribution in [0, 0.1) is 6.92 Å². The number of aromatic amines is 1. The number of hydrogen-bond donors (Lipinski definition) is 3. The van der Waals surface area contributed by atoms with Crippen molar-refractivity contribution in [2.45, 2.75) is 20.3 Å². The maximum absolute atomic E-state index is 12.1. The van der Waals surface area contributed by atoms with Crippen molar-refractivity contribution in [1.29, 1.82) is 0 Å². The summed E-state index contributed by atoms with van der Waals surface area (Å²) >= 11 is 0. The van der Waals surface area contributed by atoms with E-state index < -0.39 is 5.91 Å². The highest BCUT2D eigenvalue weighted by molar-refractivity contribution is 6.02. The molecular formula is C17H19N7O. The normalized spacial score (nSPS) is 10.6. The maximum atomic E-state index is 12.1. The lowest BCUT2D eigenvalue weighted by atomic mass is 10.1. The van der Waals surface area contributed by atoms with Gasteiger partial charge >= 0.3 is 0 Å². The second-order valence-corrected chi connectivity index (χ2v) is 5.60. The van der Waals surface area contributed by atoms with Crippen molar-refractivity contribution in [3.05, 3.63) is 53.5 Å². The van der Waals surface area contributed by atoms with Gasteiger partial charge in [-0.3, -0.25) is 4.79 Å². The molecule has 3 aromatic rings. The molecule has 2 aromatic heterocycles. The Kier molecular flexibility index (Phi) is 4.34. The van der Waals surface area contributed by atoms with Crippen molar-refractivity contribution in [1.82, 2.24) is 19.7 Å². The summed E-state index contributed by atoms with van der Waals surface area (Å²) in [6.45, 7) is 3.96. The largest absolute Gasteiger partial charge is 0.370 e. The number of guanidine groups is 1. The number of aromatic nitrogens is 4. The second kappa shape index (κ2) is 6.60. The van der Waals surface area contributed by atoms with Gasteiger partial charge in [0, 0.05) is 5.56 Å². The van der Waals surface area contributed by atoms with E-state index in [-0.39, 0.29) is 5.96 Å². The van der Waals surface area contributed by atoms with E-state index in [0.717, 1.165) is 11.4 Å². The van der Waals surface area contributed by atoms with Crippen molar-refractivity contribution in [2.24, 2.45) is 16.5 Å². The second-order valence-electron chi connectivity index (χ2n) is 5.60. The van der Waals surface area contributed by atoms with Crippen LogP contribution in [0.5, 0.6) is 0 Å². The van der Waals surface area contributed by atoms with Crippen molar-refractivity contribution in [2.75, 3.05) is 0 Å². The Bertz CT molecular complexity index is 930. The van der Waals surface area contributed by atoms with E-state index in [0.29, 0.717) is 23.5 Å². The molecule has 0 atom stereocenters. The van der Waals surface area contributed by atoms with Crippen LogP contribution in [0.25, 0.3) is 17.2 Å². The molecule has 5 N–H and O–H groups in total. The first-order chi connectivity index (χ1) is 12.0. The Morgan fingerprint density at radius 3 is 2.60 bits per heavy atom. The first kappa shape index (κ1) is 16.4. The topological polar surface area (TPSA) is 128 Å². The van der Waals surface area contributed by atoms with Crippen LogP contribution in [-0.4, -0.2) is 31.6 Å². The Balaban J connectivity index is 1.98. The molecule has 0 aliphatic rings. The summed E-state index contributed by atoms with van der Waals surface area (Å²) in [5.41, 5.74) is 13.8. The van der Waals surface area contributed by atoms with Crippen LogP contribution in [0.3, 0.4) is 0 Å². The van der Waals surface area contributed by atoms with E-state index in [4.69, 9.17) is 11.5 Å². The van der Waals surface area contributed by atoms with Gasteiger partial charge in [0.05, 0.1) is 23.7 Å². The number of imidazole rings is 1. The van der Waals surface area contributed by atoms with Crippen LogP contribution < -0.4 is 11.5 Å². The minimum Gasteiger partial charge on any atom is -0.370 e. The molecule has 0 unspecified atom stereocenters. The lowest BCUT2D eigenvalue weighted by Gasteiger charge is -2.04. The molecule has 0 fully saturated rings. The molecule has 0 spiro atoms. The number of rotatable bonds is 4. The fourth-order valence-corrected chi connectivity index (χ4v) is 2.56. The molecule has 2 heterocycles. The van der Waals surface area contributed by atoms with Gasteiger partial charge in [0.25, 0.3) is 5.91 Å². The van der Waals surface area contributed by atoms with E-state index in [1.54, 1.807) is 10.9 Å². The average Bonchev–Trinajstić information content (AvgIpc) is 3.21. The highest BCUT2D eigenvalue weighted by atomic mass is 16.1. The number of aryl methyl sites for hydroxylation is 1. The third kappa shape index (κ3) is 3.27. The van der Waals surface area contributed by atoms with E-state index in [1.807, 2.05) is 38.1 Å². The number of aliphatic imine (C=N–C) groups is 1. The number of benzene rings is 1. The van der Waals surface area contributed by atoms with Crippen LogP contribution in [0.1, 0.15) is 28.5 Å². The summed E-state index contributed by atoms with van der Waals surface area (Å²) in [5.74, 6) is 0.602. The number of H-pyrrole nitrogens is 1. The van der Waals surface area contributed by atoms with Crippen LogP contribution >= 0.6 is 0 Å². The Labute approximate surface area is 144 Å². The third-order valence-corrected chi connectivity index (χ3v) is 3.78. The number of amides is 1. The Hall–Kier alpha value is -3.42. The maximum Gasteiger partial charge on any atom is 0.283 e. The summed E-state index contributed by atoms with van der Waals surface area (Å²) < 4.78 is 1.64. The van der Waals surface area contributed by atoms with Gasteiger partial charge in [-0.25, -0.2) is 9.67 Å². The highest BCUT2D eigenvalue weighted by Crippen LogP contribution is 2.20. The molecule has 3 rings (SSSR count). The van der Waals surface area contributed by atoms with Gasteiger partial charge < -0.3 is 16.5 Å². The Morgan fingerprint density at radius 2 is 1.96 bits per heavy atom. The Morgan fingerprint density at radius 1 is 1.24 bits per heavy atom. The van der Waals surface area contributed by atoms with Gasteiger partial charge in [0.15, 0.2) is 11.8 Å². The molecule has 0 radical (unpaired) electrons. The van der Waals surface area contributed by atoms with Crippen LogP contribution in [0.2, 0.25) is 0 Å². The highest BCUT2D eigenvalue weighted by Gasteiger charge is 2.18. The van der Waals surface area contributed by atoms with Crippen LogP contribution in [-0.2, 0) is 6.42 Å². The van der Waals surface area contributed by atoms with Crippen LogP contribution in [0.4, 0.5) is 0 Å². The van der Waals surface area contributed by atoms with E-state index in [1.165, 1.54) is 11.8 Å². The zero-order valence-electron chi connectivity index (χ0n) is 14.0. The first-order valence-electron chi connectivity index (χ1n) is 7.83. The van der Waals surface area contributed by atoms with Gasteiger partial charge in [-0.1, -0.05) is 36.8 Å². The van der Waals surface area contributed by atoms with Crippen LogP contribution in [0.15, 0.2) is 41.7 Å². The summed E-state index contributed by atoms with van der Waals surface area (Å²) in [6.07, 6.45) is 3.72. The number of nitrogens with zero attached hydrogens (tertiary/aromatic N) is 4. The van der Waals surface area contributed by atoms with E-state index in [2.05, 4.69) is 20.1 Å². The average molecular weight is 337 g/mol. The van der Waals surface area contributed by atoms with Gasteiger partial charge in [0.1, 0.15) is 5.82 Å². The lowest BCUT2D eigenvalue weighted by Crippen LogP contribution is -2.24. The molecule has 0 bridgehead atoms. The first-order valence-corrected chi connectivity index (χ1v) is 7.83. The summed E-state index contributed by atoms with van der Waals surface area (Å²) in [6, 6.07) is 8.04. The zero-order chi connectivity index (χ0) is 18.0. The monoisotopic (exact) mass is 337 g/mol. The molecular weight excluding hydrogens is 318 g/mol. The lowest BCUT2D eigenvalue weighted by molar-refractivity contribution is 0.100. The number of nitrogens with one attached hydrogen (secondary N) is 1. The molecule has 0 saturated heterocycles. The molecule has 25 heavy (non-hydrogen) atoms. The van der Waals surface area contributed by atoms with Crippen molar-refractivity contribution >= 4 is 11.9 Å². The standard InChI is InChI=1S/C17H19N7O/c1-3-13-12(16(25)23-17(18)19)8-21-24(13)14-9-20-15(22-14)11-6-4-10(2)5-7-11/h4-9H,3H2,1-2H3,(H,20,22)(H4,18,19,23,25). The minimum absolute atomic E-state index is 0.275. The van der Waals surface area contributed by atoms with Crippen molar-refractivity contribution in [3.63, 3.8) is 0 Å². The molecule has 8 nitrogen and oxygen atoms in total. The van der Waals surface area contributed by atoms with Gasteiger partial charge in [-0.15, -0.1) is 0 Å². The predicted molar refractivity (Wildman–Crippen MR) is 95.4 cm³/mol. The van der Waals surface area contributed by atoms with Gasteiger partial charge in [-0.2, -0.15) is 10.1 Å². The van der Waals surface area contributed by atoms with E-state index >= 15 is 0 Å². The smallest absolute Gasteiger partial charge is 0.283 e. The molecule has 0 aliphatic heterocycles. The van der Waals surface area contributed by atoms with Gasteiger partial charge in [0.2, 0.25) is 0 Å². The number of nitrogens with two attached hydrogens (primary N) is 2. The fraction of sp³-hybridized carbons (Fsp3) is 0.176. The number of hydrogen-bond acceptors (Lipinski definition) is 3. The van der Waals surface area contributed by atoms with Crippen molar-refractivity contribution in [3.8, 4) is 17.2 Å². The minimum atomic E-state index is -0.513. The number of carbonyl (C=O) groups excluding carboxylic acids is 1. The zero-order valence-corrected chi connectivity index (χ0v) is 14.0. The fourth-order valence-electron chi connectivity index (χ4n) is 2.56. The summed E-state index contributed by atoms with van der Waals surface area (Å²) in [7, 11) is 0. The molecule has 8 heteroatoms. The van der Waals surface area contributed by atoms with Crippen molar-refractivity contribution < 1.29 is 4.79 Å². The summed E-state index contributed by atoms with van der Waals surface area (Å²) in [4.78, 5) is 23.3. The molecule has 1 aromatic carbocycles. The van der Waals surface area contributed by atoms with E-state index in [9.17, 15) is 4.79 Å². The quantitative estimate of drug-likeness (QED) is 0.491. The third-order valence-electron chi connectivity index (χ3n) is 3.78. The molecule has 128 valence electrons. The molecule has 1 amide bonds.